The number of rotatable bonds is 3. The van der Waals surface area contributed by atoms with Crippen LogP contribution >= 0.6 is 0 Å². The predicted octanol–water partition coefficient (Wildman–Crippen LogP) is 1.93. The molecule has 2 saturated heterocycles. The average Bonchev–Trinajstić information content (AvgIpc) is 2.67. The molecule has 2 aliphatic heterocycles. The van der Waals surface area contributed by atoms with Crippen LogP contribution in [0.2, 0.25) is 0 Å². The maximum Gasteiger partial charge on any atom is 0.119 e. The summed E-state index contributed by atoms with van der Waals surface area (Å²) in [5.41, 5.74) is 0.374. The van der Waals surface area contributed by atoms with E-state index >= 15 is 0 Å². The normalized spacial score (nSPS) is 37.2. The Morgan fingerprint density at radius 2 is 2.00 bits per heavy atom. The summed E-state index contributed by atoms with van der Waals surface area (Å²) >= 11 is 0. The topological polar surface area (TPSA) is 34.0 Å². The molecule has 3 heterocycles. The van der Waals surface area contributed by atoms with Gasteiger partial charge in [0.15, 0.2) is 0 Å². The molecule has 1 saturated carbocycles. The number of fused-ring (bicyclic) bond motifs is 2. The van der Waals surface area contributed by atoms with Gasteiger partial charge in [-0.2, -0.15) is 0 Å². The highest BCUT2D eigenvalue weighted by atomic mass is 15.4. The van der Waals surface area contributed by atoms with E-state index in [2.05, 4.69) is 40.4 Å². The van der Waals surface area contributed by atoms with Gasteiger partial charge in [-0.25, -0.2) is 0 Å². The van der Waals surface area contributed by atoms with E-state index < -0.39 is 0 Å². The Morgan fingerprint density at radius 3 is 2.65 bits per heavy atom. The zero-order valence-electron chi connectivity index (χ0n) is 11.0. The number of hydrogen-bond acceptors (Lipinski definition) is 3. The van der Waals surface area contributed by atoms with Gasteiger partial charge in [-0.15, -0.1) is 10.2 Å². The zero-order valence-corrected chi connectivity index (χ0v) is 11.0. The molecule has 3 fully saturated rings. The molecule has 94 valence electrons. The van der Waals surface area contributed by atoms with E-state index in [9.17, 15) is 0 Å². The molecule has 0 amide bonds. The lowest BCUT2D eigenvalue weighted by molar-refractivity contribution is -0.155. The van der Waals surface area contributed by atoms with Crippen molar-refractivity contribution in [1.29, 1.82) is 0 Å². The third-order valence-corrected chi connectivity index (χ3v) is 4.46. The highest BCUT2D eigenvalue weighted by molar-refractivity contribution is 5.11. The largest absolute Gasteiger partial charge is 0.318 e. The van der Waals surface area contributed by atoms with E-state index in [-0.39, 0.29) is 0 Å². The smallest absolute Gasteiger partial charge is 0.119 e. The van der Waals surface area contributed by atoms with Crippen molar-refractivity contribution in [3.05, 3.63) is 12.7 Å². The molecular formula is C13H22N4. The lowest BCUT2D eigenvalue weighted by Gasteiger charge is -2.65. The first-order valence-corrected chi connectivity index (χ1v) is 6.71. The second-order valence-corrected chi connectivity index (χ2v) is 6.26. The quantitative estimate of drug-likeness (QED) is 0.801. The Labute approximate surface area is 103 Å². The average molecular weight is 234 g/mol. The molecule has 0 aromatic carbocycles. The van der Waals surface area contributed by atoms with Crippen LogP contribution in [0.25, 0.3) is 0 Å². The summed E-state index contributed by atoms with van der Waals surface area (Å²) in [4.78, 5) is 2.73. The summed E-state index contributed by atoms with van der Waals surface area (Å²) in [6.07, 6.45) is 7.75. The first kappa shape index (κ1) is 11.2. The Balaban J connectivity index is 1.83. The lowest BCUT2D eigenvalue weighted by atomic mass is 9.63. The van der Waals surface area contributed by atoms with Gasteiger partial charge in [0.2, 0.25) is 0 Å². The van der Waals surface area contributed by atoms with Gasteiger partial charge >= 0.3 is 0 Å². The molecule has 3 unspecified atom stereocenters. The van der Waals surface area contributed by atoms with E-state index in [1.54, 1.807) is 0 Å². The fourth-order valence-corrected chi connectivity index (χ4v) is 4.32. The monoisotopic (exact) mass is 234 g/mol. The minimum Gasteiger partial charge on any atom is -0.318 e. The molecule has 1 aliphatic carbocycles. The van der Waals surface area contributed by atoms with Crippen molar-refractivity contribution in [3.63, 3.8) is 0 Å². The van der Waals surface area contributed by atoms with Gasteiger partial charge in [-0.3, -0.25) is 4.90 Å². The van der Waals surface area contributed by atoms with Crippen molar-refractivity contribution in [1.82, 2.24) is 19.7 Å². The minimum absolute atomic E-state index is 0.374. The maximum atomic E-state index is 3.92. The molecule has 2 bridgehead atoms. The summed E-state index contributed by atoms with van der Waals surface area (Å²) < 4.78 is 2.14. The molecule has 0 radical (unpaired) electrons. The summed E-state index contributed by atoms with van der Waals surface area (Å²) in [7, 11) is 0. The van der Waals surface area contributed by atoms with E-state index in [1.165, 1.54) is 19.3 Å². The molecule has 4 rings (SSSR count). The van der Waals surface area contributed by atoms with Gasteiger partial charge in [0.1, 0.15) is 12.7 Å². The van der Waals surface area contributed by atoms with E-state index in [1.807, 2.05) is 12.7 Å². The number of aromatic nitrogens is 3. The molecular weight excluding hydrogens is 212 g/mol. The number of hydrogen-bond donors (Lipinski definition) is 0. The molecule has 4 heteroatoms. The number of nitrogens with zero attached hydrogens (tertiary/aromatic N) is 4. The third kappa shape index (κ3) is 1.69. The fourth-order valence-electron chi connectivity index (χ4n) is 4.32. The Bertz CT molecular complexity index is 386. The van der Waals surface area contributed by atoms with Crippen LogP contribution in [0, 0.1) is 5.92 Å². The van der Waals surface area contributed by atoms with Crippen molar-refractivity contribution < 1.29 is 0 Å². The predicted molar refractivity (Wildman–Crippen MR) is 66.5 cm³/mol. The summed E-state index contributed by atoms with van der Waals surface area (Å²) in [6, 6.07) is 1.47. The van der Waals surface area contributed by atoms with Crippen molar-refractivity contribution >= 4 is 0 Å². The van der Waals surface area contributed by atoms with Crippen LogP contribution in [0.4, 0.5) is 0 Å². The van der Waals surface area contributed by atoms with Gasteiger partial charge in [0.25, 0.3) is 0 Å². The highest BCUT2D eigenvalue weighted by Crippen LogP contribution is 2.51. The molecule has 3 atom stereocenters. The van der Waals surface area contributed by atoms with Crippen molar-refractivity contribution in [2.75, 3.05) is 0 Å². The van der Waals surface area contributed by atoms with Crippen LogP contribution in [0.15, 0.2) is 12.7 Å². The van der Waals surface area contributed by atoms with Gasteiger partial charge < -0.3 is 4.57 Å². The minimum atomic E-state index is 0.374. The lowest BCUT2D eigenvalue weighted by Crippen LogP contribution is -2.73. The van der Waals surface area contributed by atoms with Gasteiger partial charge in [0, 0.05) is 24.2 Å². The van der Waals surface area contributed by atoms with Crippen LogP contribution < -0.4 is 0 Å². The summed E-state index contributed by atoms with van der Waals surface area (Å²) in [6.45, 7) is 8.09. The summed E-state index contributed by atoms with van der Waals surface area (Å²) in [5.74, 6) is 0.861. The van der Waals surface area contributed by atoms with Gasteiger partial charge in [-0.1, -0.05) is 6.92 Å². The molecule has 0 N–H and O–H groups in total. The van der Waals surface area contributed by atoms with Crippen molar-refractivity contribution in [2.24, 2.45) is 5.92 Å². The molecule has 1 aromatic heterocycles. The van der Waals surface area contributed by atoms with Crippen LogP contribution in [-0.2, 0) is 6.54 Å². The molecule has 4 nitrogen and oxygen atoms in total. The first-order chi connectivity index (χ1) is 8.11. The van der Waals surface area contributed by atoms with Crippen LogP contribution in [0.5, 0.6) is 0 Å². The molecule has 0 spiro atoms. The third-order valence-electron chi connectivity index (χ3n) is 4.46. The molecule has 3 aliphatic rings. The van der Waals surface area contributed by atoms with Crippen LogP contribution in [0.1, 0.15) is 40.0 Å². The van der Waals surface area contributed by atoms with Gasteiger partial charge in [0.05, 0.1) is 0 Å². The highest BCUT2D eigenvalue weighted by Gasteiger charge is 2.56. The van der Waals surface area contributed by atoms with E-state index in [4.69, 9.17) is 0 Å². The Kier molecular flexibility index (Phi) is 2.51. The second-order valence-electron chi connectivity index (χ2n) is 6.26. The van der Waals surface area contributed by atoms with Crippen molar-refractivity contribution in [2.45, 2.75) is 64.2 Å². The SMILES string of the molecule is CC1CC2CC(Cn3cnnc3)(C1)N2C(C)C. The first-order valence-electron chi connectivity index (χ1n) is 6.71. The maximum absolute atomic E-state index is 3.92. The van der Waals surface area contributed by atoms with Crippen molar-refractivity contribution in [3.8, 4) is 0 Å². The summed E-state index contributed by atoms with van der Waals surface area (Å²) in [5, 5.41) is 7.84. The van der Waals surface area contributed by atoms with Crippen LogP contribution in [0.3, 0.4) is 0 Å². The Hall–Kier alpha value is -0.900. The molecule has 1 aromatic rings. The number of piperidine rings is 1. The zero-order chi connectivity index (χ0) is 12.0. The fraction of sp³-hybridized carbons (Fsp3) is 0.846. The van der Waals surface area contributed by atoms with Gasteiger partial charge in [-0.05, 0) is 39.0 Å². The standard InChI is InChI=1S/C13H22N4/c1-10(2)17-12-4-11(3)5-13(17,6-12)7-16-8-14-15-9-16/h8-12H,4-7H2,1-3H3. The molecule has 17 heavy (non-hydrogen) atoms. The van der Waals surface area contributed by atoms with Crippen LogP contribution in [-0.4, -0.2) is 37.3 Å². The van der Waals surface area contributed by atoms with E-state index in [0.717, 1.165) is 18.5 Å². The second kappa shape index (κ2) is 3.80. The van der Waals surface area contributed by atoms with E-state index in [0.29, 0.717) is 11.6 Å². The Morgan fingerprint density at radius 1 is 1.29 bits per heavy atom.